The summed E-state index contributed by atoms with van der Waals surface area (Å²) in [6.07, 6.45) is 8.15. The number of carbonyl (C=O) groups excluding carboxylic acids is 3. The van der Waals surface area contributed by atoms with Crippen molar-refractivity contribution in [2.75, 3.05) is 0 Å². The van der Waals surface area contributed by atoms with Crippen LogP contribution in [0.1, 0.15) is 80.6 Å². The molecule has 1 aliphatic heterocycles. The highest BCUT2D eigenvalue weighted by Gasteiger charge is 2.40. The second kappa shape index (κ2) is 8.85. The van der Waals surface area contributed by atoms with Crippen LogP contribution < -0.4 is 5.32 Å². The second-order valence-electron chi connectivity index (χ2n) is 8.89. The van der Waals surface area contributed by atoms with Gasteiger partial charge in [-0.15, -0.1) is 0 Å². The van der Waals surface area contributed by atoms with Gasteiger partial charge in [0.25, 0.3) is 17.7 Å². The first-order valence-corrected chi connectivity index (χ1v) is 11.5. The van der Waals surface area contributed by atoms with Crippen LogP contribution in [0.3, 0.4) is 0 Å². The van der Waals surface area contributed by atoms with Crippen molar-refractivity contribution in [2.45, 2.75) is 44.2 Å². The van der Waals surface area contributed by atoms with Gasteiger partial charge in [-0.3, -0.25) is 19.3 Å². The maximum atomic E-state index is 13.5. The predicted molar refractivity (Wildman–Crippen MR) is 123 cm³/mol. The van der Waals surface area contributed by atoms with Crippen LogP contribution in [0.15, 0.2) is 54.9 Å². The zero-order valence-corrected chi connectivity index (χ0v) is 18.8. The molecule has 1 saturated carbocycles. The van der Waals surface area contributed by atoms with Gasteiger partial charge < -0.3 is 9.88 Å². The number of imidazole rings is 1. The van der Waals surface area contributed by atoms with E-state index in [0.717, 1.165) is 32.1 Å². The van der Waals surface area contributed by atoms with Crippen LogP contribution in [-0.4, -0.2) is 38.2 Å². The molecule has 5 rings (SSSR count). The summed E-state index contributed by atoms with van der Waals surface area (Å²) >= 11 is 0. The van der Waals surface area contributed by atoms with E-state index in [-0.39, 0.29) is 34.8 Å². The average Bonchev–Trinajstić information content (AvgIpc) is 3.38. The van der Waals surface area contributed by atoms with E-state index in [9.17, 15) is 18.8 Å². The quantitative estimate of drug-likeness (QED) is 0.583. The fourth-order valence-electron chi connectivity index (χ4n) is 4.89. The van der Waals surface area contributed by atoms with Crippen molar-refractivity contribution in [1.82, 2.24) is 19.8 Å². The van der Waals surface area contributed by atoms with E-state index < -0.39 is 11.9 Å². The molecule has 2 aliphatic rings. The molecule has 1 atom stereocenters. The number of nitrogens with zero attached hydrogens (tertiary/aromatic N) is 3. The first kappa shape index (κ1) is 22.0. The Balaban J connectivity index is 1.42. The Labute approximate surface area is 196 Å². The Bertz CT molecular complexity index is 1260. The van der Waals surface area contributed by atoms with Gasteiger partial charge in [-0.1, -0.05) is 31.4 Å². The van der Waals surface area contributed by atoms with Crippen molar-refractivity contribution in [3.8, 4) is 0 Å². The summed E-state index contributed by atoms with van der Waals surface area (Å²) in [6, 6.07) is 9.76. The van der Waals surface area contributed by atoms with Gasteiger partial charge in [0.15, 0.2) is 0 Å². The number of imide groups is 1. The van der Waals surface area contributed by atoms with E-state index in [4.69, 9.17) is 0 Å². The molecule has 8 heteroatoms. The molecule has 1 unspecified atom stereocenters. The molecule has 2 heterocycles. The number of aromatic nitrogens is 2. The summed E-state index contributed by atoms with van der Waals surface area (Å²) in [7, 11) is 1.81. The molecule has 3 amide bonds. The van der Waals surface area contributed by atoms with E-state index in [0.29, 0.717) is 17.0 Å². The molecular weight excluding hydrogens is 435 g/mol. The highest BCUT2D eigenvalue weighted by Crippen LogP contribution is 2.31. The molecule has 0 radical (unpaired) electrons. The highest BCUT2D eigenvalue weighted by atomic mass is 19.1. The van der Waals surface area contributed by atoms with Gasteiger partial charge in [0, 0.05) is 31.0 Å². The standard InChI is InChI=1S/C26H25FN4O3/c1-30-14-13-28-23(30)22(16-7-10-18(27)11-8-16)29-24(32)17-9-12-20-21(15-17)26(34)31(25(20)33)19-5-3-2-4-6-19/h7-15,19,22H,2-6H2,1H3,(H,29,32). The zero-order valence-electron chi connectivity index (χ0n) is 18.8. The number of amides is 3. The van der Waals surface area contributed by atoms with Crippen molar-refractivity contribution in [3.05, 3.63) is 88.8 Å². The fraction of sp³-hybridized carbons (Fsp3) is 0.308. The van der Waals surface area contributed by atoms with Crippen molar-refractivity contribution in [3.63, 3.8) is 0 Å². The third kappa shape index (κ3) is 3.89. The van der Waals surface area contributed by atoms with Gasteiger partial charge in [-0.05, 0) is 48.7 Å². The van der Waals surface area contributed by atoms with E-state index >= 15 is 0 Å². The fourth-order valence-corrected chi connectivity index (χ4v) is 4.89. The lowest BCUT2D eigenvalue weighted by atomic mass is 9.94. The highest BCUT2D eigenvalue weighted by molar-refractivity contribution is 6.22. The summed E-state index contributed by atoms with van der Waals surface area (Å²) in [6.45, 7) is 0. The predicted octanol–water partition coefficient (Wildman–Crippen LogP) is 4.01. The maximum Gasteiger partial charge on any atom is 0.261 e. The number of rotatable bonds is 5. The molecule has 1 fully saturated rings. The van der Waals surface area contributed by atoms with Crippen LogP contribution in [0.4, 0.5) is 4.39 Å². The molecule has 1 aromatic heterocycles. The third-order valence-corrected chi connectivity index (χ3v) is 6.72. The van der Waals surface area contributed by atoms with Crippen LogP contribution in [0, 0.1) is 5.82 Å². The number of benzene rings is 2. The maximum absolute atomic E-state index is 13.5. The third-order valence-electron chi connectivity index (χ3n) is 6.72. The number of hydrogen-bond acceptors (Lipinski definition) is 4. The SMILES string of the molecule is Cn1ccnc1C(NC(=O)c1ccc2c(c1)C(=O)N(C1CCCCC1)C2=O)c1ccc(F)cc1. The van der Waals surface area contributed by atoms with Crippen molar-refractivity contribution in [2.24, 2.45) is 7.05 Å². The van der Waals surface area contributed by atoms with Crippen LogP contribution in [0.25, 0.3) is 0 Å². The van der Waals surface area contributed by atoms with Gasteiger partial charge in [-0.2, -0.15) is 0 Å². The van der Waals surface area contributed by atoms with Crippen LogP contribution in [0.5, 0.6) is 0 Å². The number of aryl methyl sites for hydroxylation is 1. The summed E-state index contributed by atoms with van der Waals surface area (Å²) in [5, 5.41) is 2.95. The number of carbonyl (C=O) groups is 3. The molecule has 0 spiro atoms. The minimum atomic E-state index is -0.627. The molecule has 174 valence electrons. The molecule has 3 aromatic rings. The van der Waals surface area contributed by atoms with E-state index in [1.165, 1.54) is 23.1 Å². The second-order valence-corrected chi connectivity index (χ2v) is 8.89. The molecule has 1 N–H and O–H groups in total. The number of nitrogens with one attached hydrogen (secondary N) is 1. The van der Waals surface area contributed by atoms with Gasteiger partial charge in [0.2, 0.25) is 0 Å². The summed E-state index contributed by atoms with van der Waals surface area (Å²) < 4.78 is 15.3. The minimum Gasteiger partial charge on any atom is -0.338 e. The lowest BCUT2D eigenvalue weighted by Gasteiger charge is -2.29. The van der Waals surface area contributed by atoms with Gasteiger partial charge in [0.1, 0.15) is 17.7 Å². The minimum absolute atomic E-state index is 0.0790. The summed E-state index contributed by atoms with van der Waals surface area (Å²) in [5.41, 5.74) is 1.54. The van der Waals surface area contributed by atoms with Crippen molar-refractivity contribution < 1.29 is 18.8 Å². The Morgan fingerprint density at radius 3 is 2.41 bits per heavy atom. The normalized spacial score (nSPS) is 17.1. The van der Waals surface area contributed by atoms with E-state index in [1.54, 1.807) is 41.2 Å². The lowest BCUT2D eigenvalue weighted by molar-refractivity contribution is 0.0548. The number of halogens is 1. The molecule has 2 aromatic carbocycles. The first-order valence-electron chi connectivity index (χ1n) is 11.5. The molecule has 7 nitrogen and oxygen atoms in total. The smallest absolute Gasteiger partial charge is 0.261 e. The largest absolute Gasteiger partial charge is 0.338 e. The van der Waals surface area contributed by atoms with Crippen LogP contribution >= 0.6 is 0 Å². The Morgan fingerprint density at radius 1 is 1.03 bits per heavy atom. The molecule has 1 aliphatic carbocycles. The van der Waals surface area contributed by atoms with Gasteiger partial charge >= 0.3 is 0 Å². The summed E-state index contributed by atoms with van der Waals surface area (Å²) in [5.74, 6) is -0.831. The molecule has 0 saturated heterocycles. The Kier molecular flexibility index (Phi) is 5.73. The monoisotopic (exact) mass is 460 g/mol. The van der Waals surface area contributed by atoms with E-state index in [1.807, 2.05) is 7.05 Å². The van der Waals surface area contributed by atoms with E-state index in [2.05, 4.69) is 10.3 Å². The Hall–Kier alpha value is -3.81. The van der Waals surface area contributed by atoms with Crippen LogP contribution in [0.2, 0.25) is 0 Å². The molecule has 34 heavy (non-hydrogen) atoms. The zero-order chi connectivity index (χ0) is 23.8. The van der Waals surface area contributed by atoms with Gasteiger partial charge in [-0.25, -0.2) is 9.37 Å². The lowest BCUT2D eigenvalue weighted by Crippen LogP contribution is -2.40. The number of fused-ring (bicyclic) bond motifs is 1. The Morgan fingerprint density at radius 2 is 1.74 bits per heavy atom. The van der Waals surface area contributed by atoms with Crippen molar-refractivity contribution >= 4 is 17.7 Å². The molecule has 0 bridgehead atoms. The number of hydrogen-bond donors (Lipinski definition) is 1. The van der Waals surface area contributed by atoms with Crippen molar-refractivity contribution in [1.29, 1.82) is 0 Å². The topological polar surface area (TPSA) is 84.3 Å². The molecular formula is C26H25FN4O3. The van der Waals surface area contributed by atoms with Crippen LogP contribution in [-0.2, 0) is 7.05 Å². The average molecular weight is 461 g/mol. The summed E-state index contributed by atoms with van der Waals surface area (Å²) in [4.78, 5) is 45.0. The van der Waals surface area contributed by atoms with Gasteiger partial charge in [0.05, 0.1) is 11.1 Å². The first-order chi connectivity index (χ1) is 16.4.